The topological polar surface area (TPSA) is 79.7 Å². The van der Waals surface area contributed by atoms with E-state index in [2.05, 4.69) is 20.2 Å². The number of piperidine rings is 1. The Kier molecular flexibility index (Phi) is 5.10. The Bertz CT molecular complexity index is 1350. The van der Waals surface area contributed by atoms with Gasteiger partial charge in [-0.1, -0.05) is 0 Å². The van der Waals surface area contributed by atoms with Gasteiger partial charge in [0, 0.05) is 55.0 Å². The van der Waals surface area contributed by atoms with Crippen LogP contribution in [0.15, 0.2) is 48.8 Å². The molecule has 0 unspecified atom stereocenters. The molecule has 1 saturated heterocycles. The molecule has 12 heteroatoms. The third-order valence-corrected chi connectivity index (χ3v) is 5.73. The van der Waals surface area contributed by atoms with Crippen molar-refractivity contribution < 1.29 is 26.7 Å². The molecule has 0 radical (unpaired) electrons. The average Bonchev–Trinajstić information content (AvgIpc) is 3.46. The highest BCUT2D eigenvalue weighted by Gasteiger charge is 2.36. The number of alkyl halides is 5. The number of pyridine rings is 1. The van der Waals surface area contributed by atoms with E-state index in [1.807, 2.05) is 0 Å². The second-order valence-corrected chi connectivity index (χ2v) is 8.04. The molecule has 1 fully saturated rings. The van der Waals surface area contributed by atoms with E-state index in [1.165, 1.54) is 11.1 Å². The number of fused-ring (bicyclic) bond motifs is 1. The van der Waals surface area contributed by atoms with Crippen LogP contribution in [0.5, 0.6) is 0 Å². The summed E-state index contributed by atoms with van der Waals surface area (Å²) in [6, 6.07) is 10.0. The first-order chi connectivity index (χ1) is 16.1. The zero-order valence-electron chi connectivity index (χ0n) is 17.5. The molecule has 0 spiro atoms. The summed E-state index contributed by atoms with van der Waals surface area (Å²) in [5, 5.41) is 7.35. The second kappa shape index (κ2) is 7.89. The Labute approximate surface area is 189 Å². The number of carbonyl (C=O) groups excluding carboxylic acids is 1. The Morgan fingerprint density at radius 2 is 1.74 bits per heavy atom. The molecule has 0 atom stereocenters. The van der Waals surface area contributed by atoms with Gasteiger partial charge in [-0.15, -0.1) is 10.2 Å². The van der Waals surface area contributed by atoms with Crippen LogP contribution in [0.1, 0.15) is 29.0 Å². The minimum absolute atomic E-state index is 0.00649. The maximum absolute atomic E-state index is 13.4. The van der Waals surface area contributed by atoms with Gasteiger partial charge in [-0.2, -0.15) is 13.2 Å². The third-order valence-electron chi connectivity index (χ3n) is 5.73. The molecule has 1 aliphatic rings. The Hall–Kier alpha value is -3.83. The molecule has 0 saturated carbocycles. The fourth-order valence-corrected chi connectivity index (χ4v) is 3.87. The second-order valence-electron chi connectivity index (χ2n) is 8.04. The summed E-state index contributed by atoms with van der Waals surface area (Å²) in [5.41, 5.74) is 2.00. The lowest BCUT2D eigenvalue weighted by Crippen LogP contribution is -2.42. The number of aromatic amines is 1. The van der Waals surface area contributed by atoms with E-state index in [0.29, 0.717) is 27.8 Å². The Morgan fingerprint density at radius 3 is 2.38 bits per heavy atom. The van der Waals surface area contributed by atoms with Gasteiger partial charge in [0.15, 0.2) is 5.82 Å². The van der Waals surface area contributed by atoms with Crippen LogP contribution in [0.3, 0.4) is 0 Å². The van der Waals surface area contributed by atoms with Crippen molar-refractivity contribution in [1.29, 1.82) is 0 Å². The molecule has 1 N–H and O–H groups in total. The number of H-pyrrole nitrogens is 1. The zero-order chi connectivity index (χ0) is 24.1. The predicted octanol–water partition coefficient (Wildman–Crippen LogP) is 4.70. The fourth-order valence-electron chi connectivity index (χ4n) is 3.87. The van der Waals surface area contributed by atoms with Crippen LogP contribution in [0.2, 0.25) is 0 Å². The highest BCUT2D eigenvalue weighted by Crippen LogP contribution is 2.30. The number of nitrogens with one attached hydrogen (secondary N) is 1. The van der Waals surface area contributed by atoms with Crippen LogP contribution in [0.4, 0.5) is 22.0 Å². The third kappa shape index (κ3) is 4.11. The molecule has 4 heterocycles. The number of nitrogens with zero attached hydrogens (tertiary/aromatic N) is 5. The van der Waals surface area contributed by atoms with Crippen molar-refractivity contribution in [3.05, 3.63) is 60.2 Å². The summed E-state index contributed by atoms with van der Waals surface area (Å²) in [6.07, 6.45) is -2.16. The molecule has 0 bridgehead atoms. The van der Waals surface area contributed by atoms with Crippen LogP contribution in [-0.4, -0.2) is 54.6 Å². The van der Waals surface area contributed by atoms with Gasteiger partial charge in [0.05, 0.1) is 5.56 Å². The van der Waals surface area contributed by atoms with E-state index in [1.54, 1.807) is 47.2 Å². The molecular formula is C22H17F5N6O. The average molecular weight is 476 g/mol. The smallest absolute Gasteiger partial charge is 0.338 e. The van der Waals surface area contributed by atoms with Crippen molar-refractivity contribution in [2.24, 2.45) is 0 Å². The van der Waals surface area contributed by atoms with Crippen LogP contribution in [0.25, 0.3) is 28.1 Å². The van der Waals surface area contributed by atoms with Gasteiger partial charge in [0.25, 0.3) is 11.8 Å². The van der Waals surface area contributed by atoms with Crippen LogP contribution < -0.4 is 0 Å². The SMILES string of the molecule is O=C(c1cnc2c(ccn2-c2ccc(-c3nnc(C(F)(F)F)[nH]3)cc2)c1)N1CCC(F)(F)CC1. The van der Waals surface area contributed by atoms with E-state index >= 15 is 0 Å². The van der Waals surface area contributed by atoms with Crippen molar-refractivity contribution in [2.75, 3.05) is 13.1 Å². The summed E-state index contributed by atoms with van der Waals surface area (Å²) >= 11 is 0. The first-order valence-corrected chi connectivity index (χ1v) is 10.4. The van der Waals surface area contributed by atoms with Crippen LogP contribution >= 0.6 is 0 Å². The molecule has 1 amide bonds. The monoisotopic (exact) mass is 476 g/mol. The van der Waals surface area contributed by atoms with Crippen LogP contribution in [0, 0.1) is 0 Å². The Morgan fingerprint density at radius 1 is 1.03 bits per heavy atom. The normalized spacial score (nSPS) is 16.2. The van der Waals surface area contributed by atoms with Gasteiger partial charge in [-0.25, -0.2) is 13.8 Å². The lowest BCUT2D eigenvalue weighted by atomic mass is 10.1. The van der Waals surface area contributed by atoms with Gasteiger partial charge >= 0.3 is 6.18 Å². The standard InChI is InChI=1S/C22H17F5N6O/c23-21(24)6-9-32(10-7-21)19(34)15-11-14-5-8-33(18(14)28-12-15)16-3-1-13(2-4-16)17-29-20(31-30-17)22(25,26)27/h1-5,8,11-12H,6-7,9-10H2,(H,29,30,31). The maximum Gasteiger partial charge on any atom is 0.451 e. The number of hydrogen-bond acceptors (Lipinski definition) is 4. The lowest BCUT2D eigenvalue weighted by molar-refractivity contribution is -0.144. The van der Waals surface area contributed by atoms with Crippen LogP contribution in [-0.2, 0) is 6.18 Å². The van der Waals surface area contributed by atoms with Crippen molar-refractivity contribution >= 4 is 16.9 Å². The summed E-state index contributed by atoms with van der Waals surface area (Å²) < 4.78 is 66.7. The largest absolute Gasteiger partial charge is 0.451 e. The van der Waals surface area contributed by atoms with Crippen molar-refractivity contribution in [2.45, 2.75) is 24.9 Å². The maximum atomic E-state index is 13.4. The molecule has 7 nitrogen and oxygen atoms in total. The molecule has 4 aromatic rings. The molecular weight excluding hydrogens is 459 g/mol. The molecule has 1 aromatic carbocycles. The quantitative estimate of drug-likeness (QED) is 0.435. The van der Waals surface area contributed by atoms with Crippen molar-refractivity contribution in [3.63, 3.8) is 0 Å². The number of hydrogen-bond donors (Lipinski definition) is 1. The minimum atomic E-state index is -4.61. The number of likely N-dealkylation sites (tertiary alicyclic amines) is 1. The number of halogens is 5. The van der Waals surface area contributed by atoms with E-state index in [9.17, 15) is 26.7 Å². The van der Waals surface area contributed by atoms with Crippen molar-refractivity contribution in [1.82, 2.24) is 29.6 Å². The minimum Gasteiger partial charge on any atom is -0.338 e. The highest BCUT2D eigenvalue weighted by molar-refractivity contribution is 5.97. The molecule has 34 heavy (non-hydrogen) atoms. The van der Waals surface area contributed by atoms with Crippen molar-refractivity contribution in [3.8, 4) is 17.1 Å². The summed E-state index contributed by atoms with van der Waals surface area (Å²) in [5.74, 6) is -4.25. The van der Waals surface area contributed by atoms with Gasteiger partial charge in [-0.3, -0.25) is 4.79 Å². The number of carbonyl (C=O) groups is 1. The number of amides is 1. The van der Waals surface area contributed by atoms with Gasteiger partial charge in [0.1, 0.15) is 5.65 Å². The van der Waals surface area contributed by atoms with Gasteiger partial charge in [-0.05, 0) is 36.4 Å². The number of rotatable bonds is 3. The molecule has 0 aliphatic carbocycles. The number of benzene rings is 1. The van der Waals surface area contributed by atoms with Gasteiger partial charge < -0.3 is 14.5 Å². The molecule has 176 valence electrons. The molecule has 5 rings (SSSR count). The molecule has 3 aromatic heterocycles. The first kappa shape index (κ1) is 22.0. The predicted molar refractivity (Wildman–Crippen MR) is 112 cm³/mol. The van der Waals surface area contributed by atoms with E-state index < -0.39 is 17.9 Å². The summed E-state index contributed by atoms with van der Waals surface area (Å²) in [6.45, 7) is -0.0141. The zero-order valence-corrected chi connectivity index (χ0v) is 17.5. The molecule has 1 aliphatic heterocycles. The first-order valence-electron chi connectivity index (χ1n) is 10.4. The van der Waals surface area contributed by atoms with E-state index in [-0.39, 0.29) is 37.7 Å². The highest BCUT2D eigenvalue weighted by atomic mass is 19.4. The fraction of sp³-hybridized carbons (Fsp3) is 0.273. The van der Waals surface area contributed by atoms with E-state index in [0.717, 1.165) is 0 Å². The lowest BCUT2D eigenvalue weighted by Gasteiger charge is -2.31. The number of aromatic nitrogens is 5. The summed E-state index contributed by atoms with van der Waals surface area (Å²) in [4.78, 5) is 20.7. The Balaban J connectivity index is 1.37. The summed E-state index contributed by atoms with van der Waals surface area (Å²) in [7, 11) is 0. The van der Waals surface area contributed by atoms with E-state index in [4.69, 9.17) is 0 Å². The van der Waals surface area contributed by atoms with Gasteiger partial charge in [0.2, 0.25) is 5.82 Å².